The zero-order valence-corrected chi connectivity index (χ0v) is 23.9. The van der Waals surface area contributed by atoms with Crippen LogP contribution in [0, 0.1) is 0 Å². The van der Waals surface area contributed by atoms with E-state index in [9.17, 15) is 18.0 Å². The van der Waals surface area contributed by atoms with Gasteiger partial charge in [-0.3, -0.25) is 13.9 Å². The van der Waals surface area contributed by atoms with Crippen LogP contribution in [0.15, 0.2) is 42.5 Å². The van der Waals surface area contributed by atoms with Crippen molar-refractivity contribution in [3.8, 4) is 0 Å². The van der Waals surface area contributed by atoms with Crippen molar-refractivity contribution < 1.29 is 18.0 Å². The fraction of sp³-hybridized carbons (Fsp3) is 0.462. The summed E-state index contributed by atoms with van der Waals surface area (Å²) in [7, 11) is -3.79. The van der Waals surface area contributed by atoms with Gasteiger partial charge in [-0.15, -0.1) is 0 Å². The van der Waals surface area contributed by atoms with Gasteiger partial charge in [-0.05, 0) is 61.6 Å². The SMILES string of the molecule is CCC(C(=O)NC(C)C)N(Cc1ccc(Cl)c(Cl)c1)C(=O)CN(c1ccc(C(C)C)cc1)S(C)(=O)=O. The number of nitrogens with zero attached hydrogens (tertiary/aromatic N) is 2. The Bertz CT molecular complexity index is 1170. The minimum atomic E-state index is -3.79. The lowest BCUT2D eigenvalue weighted by atomic mass is 10.0. The van der Waals surface area contributed by atoms with E-state index in [2.05, 4.69) is 5.32 Å². The van der Waals surface area contributed by atoms with Crippen LogP contribution >= 0.6 is 23.2 Å². The molecule has 1 atom stereocenters. The molecule has 7 nitrogen and oxygen atoms in total. The minimum Gasteiger partial charge on any atom is -0.352 e. The minimum absolute atomic E-state index is 0.0592. The number of halogens is 2. The molecule has 2 rings (SSSR count). The predicted octanol–water partition coefficient (Wildman–Crippen LogP) is 5.21. The van der Waals surface area contributed by atoms with Gasteiger partial charge in [0, 0.05) is 12.6 Å². The highest BCUT2D eigenvalue weighted by atomic mass is 35.5. The van der Waals surface area contributed by atoms with Gasteiger partial charge in [0.05, 0.1) is 22.0 Å². The van der Waals surface area contributed by atoms with Gasteiger partial charge in [-0.1, -0.05) is 62.2 Å². The van der Waals surface area contributed by atoms with E-state index in [1.807, 2.05) is 39.8 Å². The lowest BCUT2D eigenvalue weighted by Crippen LogP contribution is -2.53. The number of benzene rings is 2. The molecule has 1 unspecified atom stereocenters. The summed E-state index contributed by atoms with van der Waals surface area (Å²) in [5.74, 6) is -0.544. The molecule has 0 aliphatic heterocycles. The van der Waals surface area contributed by atoms with Gasteiger partial charge in [-0.2, -0.15) is 0 Å². The van der Waals surface area contributed by atoms with Gasteiger partial charge >= 0.3 is 0 Å². The second-order valence-electron chi connectivity index (χ2n) is 9.37. The molecule has 2 aromatic carbocycles. The summed E-state index contributed by atoms with van der Waals surface area (Å²) in [6.07, 6.45) is 1.40. The van der Waals surface area contributed by atoms with Crippen LogP contribution in [0.5, 0.6) is 0 Å². The second kappa shape index (κ2) is 12.8. The van der Waals surface area contributed by atoms with Gasteiger partial charge in [0.2, 0.25) is 21.8 Å². The normalized spacial score (nSPS) is 12.5. The highest BCUT2D eigenvalue weighted by Crippen LogP contribution is 2.25. The Kier molecular flexibility index (Phi) is 10.6. The molecular weight excluding hydrogens is 521 g/mol. The maximum Gasteiger partial charge on any atom is 0.244 e. The van der Waals surface area contributed by atoms with Crippen LogP contribution in [-0.4, -0.2) is 50.0 Å². The molecule has 1 N–H and O–H groups in total. The molecule has 0 spiro atoms. The Morgan fingerprint density at radius 3 is 2.06 bits per heavy atom. The average Bonchev–Trinajstić information content (AvgIpc) is 2.78. The van der Waals surface area contributed by atoms with Crippen molar-refractivity contribution in [3.05, 3.63) is 63.6 Å². The first-order valence-electron chi connectivity index (χ1n) is 11.9. The highest BCUT2D eigenvalue weighted by molar-refractivity contribution is 7.92. The number of hydrogen-bond acceptors (Lipinski definition) is 4. The van der Waals surface area contributed by atoms with Crippen molar-refractivity contribution in [2.75, 3.05) is 17.1 Å². The standard InChI is InChI=1S/C26H35Cl2N3O4S/c1-7-24(26(33)29-18(4)5)30(15-19-8-13-22(27)23(28)14-19)25(32)16-31(36(6,34)35)21-11-9-20(10-12-21)17(2)3/h8-14,17-18,24H,7,15-16H2,1-6H3,(H,29,33). The van der Waals surface area contributed by atoms with Crippen molar-refractivity contribution >= 4 is 50.7 Å². The van der Waals surface area contributed by atoms with Gasteiger partial charge in [0.1, 0.15) is 12.6 Å². The van der Waals surface area contributed by atoms with Gasteiger partial charge in [0.15, 0.2) is 0 Å². The molecule has 198 valence electrons. The predicted molar refractivity (Wildman–Crippen MR) is 147 cm³/mol. The monoisotopic (exact) mass is 555 g/mol. The Morgan fingerprint density at radius 2 is 1.58 bits per heavy atom. The molecule has 0 fully saturated rings. The van der Waals surface area contributed by atoms with E-state index in [-0.39, 0.29) is 24.4 Å². The van der Waals surface area contributed by atoms with Crippen LogP contribution in [0.3, 0.4) is 0 Å². The molecule has 2 aromatic rings. The Balaban J connectivity index is 2.46. The molecule has 0 aliphatic rings. The van der Waals surface area contributed by atoms with E-state index in [1.165, 1.54) is 4.90 Å². The summed E-state index contributed by atoms with van der Waals surface area (Å²) in [5.41, 5.74) is 2.10. The van der Waals surface area contributed by atoms with Crippen LogP contribution in [0.25, 0.3) is 0 Å². The molecule has 0 aliphatic carbocycles. The quantitative estimate of drug-likeness (QED) is 0.412. The van der Waals surface area contributed by atoms with Gasteiger partial charge in [0.25, 0.3) is 0 Å². The number of nitrogens with one attached hydrogen (secondary N) is 1. The summed E-state index contributed by atoms with van der Waals surface area (Å²) < 4.78 is 26.5. The first-order valence-corrected chi connectivity index (χ1v) is 14.5. The molecule has 2 amide bonds. The third-order valence-corrected chi connectivity index (χ3v) is 7.56. The van der Waals surface area contributed by atoms with Crippen molar-refractivity contribution in [2.24, 2.45) is 0 Å². The van der Waals surface area contributed by atoms with E-state index in [1.54, 1.807) is 37.3 Å². The highest BCUT2D eigenvalue weighted by Gasteiger charge is 2.32. The number of carbonyl (C=O) groups excluding carboxylic acids is 2. The summed E-state index contributed by atoms with van der Waals surface area (Å²) in [6.45, 7) is 9.17. The fourth-order valence-electron chi connectivity index (χ4n) is 3.77. The number of hydrogen-bond donors (Lipinski definition) is 1. The first kappa shape index (κ1) is 29.9. The maximum atomic E-state index is 13.7. The van der Waals surface area contributed by atoms with Crippen molar-refractivity contribution in [2.45, 2.75) is 65.6 Å². The van der Waals surface area contributed by atoms with E-state index in [4.69, 9.17) is 23.2 Å². The molecule has 0 heterocycles. The summed E-state index contributed by atoms with van der Waals surface area (Å²) in [4.78, 5) is 28.1. The second-order valence-corrected chi connectivity index (χ2v) is 12.1. The lowest BCUT2D eigenvalue weighted by Gasteiger charge is -2.33. The van der Waals surface area contributed by atoms with E-state index < -0.39 is 28.5 Å². The van der Waals surface area contributed by atoms with Gasteiger partial charge in [-0.25, -0.2) is 8.42 Å². The average molecular weight is 557 g/mol. The Hall–Kier alpha value is -2.29. The van der Waals surface area contributed by atoms with E-state index in [0.717, 1.165) is 16.1 Å². The molecule has 0 bridgehead atoms. The number of carbonyl (C=O) groups is 2. The summed E-state index contributed by atoms with van der Waals surface area (Å²) >= 11 is 12.2. The van der Waals surface area contributed by atoms with Crippen LogP contribution in [0.4, 0.5) is 5.69 Å². The summed E-state index contributed by atoms with van der Waals surface area (Å²) in [5, 5.41) is 3.55. The summed E-state index contributed by atoms with van der Waals surface area (Å²) in [6, 6.07) is 11.1. The molecule has 0 saturated carbocycles. The molecule has 10 heteroatoms. The zero-order chi connectivity index (χ0) is 27.2. The number of amides is 2. The first-order chi connectivity index (χ1) is 16.7. The molecule has 36 heavy (non-hydrogen) atoms. The molecule has 0 saturated heterocycles. The number of rotatable bonds is 11. The topological polar surface area (TPSA) is 86.8 Å². The molecular formula is C26H35Cl2N3O4S. The fourth-order valence-corrected chi connectivity index (χ4v) is 4.94. The molecule has 0 aromatic heterocycles. The lowest BCUT2D eigenvalue weighted by molar-refractivity contribution is -0.140. The van der Waals surface area contributed by atoms with Gasteiger partial charge < -0.3 is 10.2 Å². The van der Waals surface area contributed by atoms with E-state index >= 15 is 0 Å². The van der Waals surface area contributed by atoms with E-state index in [0.29, 0.717) is 27.7 Å². The van der Waals surface area contributed by atoms with Crippen molar-refractivity contribution in [3.63, 3.8) is 0 Å². The number of sulfonamides is 1. The van der Waals surface area contributed by atoms with Crippen LogP contribution in [0.2, 0.25) is 10.0 Å². The van der Waals surface area contributed by atoms with Crippen LogP contribution in [0.1, 0.15) is 58.1 Å². The smallest absolute Gasteiger partial charge is 0.244 e. The van der Waals surface area contributed by atoms with Crippen molar-refractivity contribution in [1.82, 2.24) is 10.2 Å². The molecule has 0 radical (unpaired) electrons. The third kappa shape index (κ3) is 8.11. The van der Waals surface area contributed by atoms with Crippen LogP contribution in [-0.2, 0) is 26.2 Å². The van der Waals surface area contributed by atoms with Crippen molar-refractivity contribution in [1.29, 1.82) is 0 Å². The maximum absolute atomic E-state index is 13.7. The van der Waals surface area contributed by atoms with Crippen LogP contribution < -0.4 is 9.62 Å². The zero-order valence-electron chi connectivity index (χ0n) is 21.6. The Labute approximate surface area is 224 Å². The largest absolute Gasteiger partial charge is 0.352 e. The third-order valence-electron chi connectivity index (χ3n) is 5.68. The Morgan fingerprint density at radius 1 is 0.972 bits per heavy atom. The number of anilines is 1.